The van der Waals surface area contributed by atoms with E-state index in [1.165, 1.54) is 29.4 Å². The topological polar surface area (TPSA) is 86.9 Å². The molecular formula is C12H9N3O2S2. The molecule has 0 atom stereocenters. The molecule has 3 rings (SSSR count). The number of nitriles is 1. The van der Waals surface area contributed by atoms with Gasteiger partial charge in [-0.1, -0.05) is 11.8 Å². The fourth-order valence-corrected chi connectivity index (χ4v) is 3.91. The Morgan fingerprint density at radius 2 is 2.37 bits per heavy atom. The number of nitrogens with zero attached hydrogens (tertiary/aromatic N) is 3. The molecule has 0 unspecified atom stereocenters. The number of rotatable bonds is 4. The molecule has 96 valence electrons. The Kier molecular flexibility index (Phi) is 3.12. The molecule has 0 bridgehead atoms. The van der Waals surface area contributed by atoms with Gasteiger partial charge in [0.15, 0.2) is 0 Å². The second kappa shape index (κ2) is 4.79. The van der Waals surface area contributed by atoms with E-state index in [-0.39, 0.29) is 5.75 Å². The normalized spacial score (nSPS) is 14.5. The Labute approximate surface area is 117 Å². The maximum absolute atomic E-state index is 10.6. The largest absolute Gasteiger partial charge is 0.481 e. The van der Waals surface area contributed by atoms with Crippen molar-refractivity contribution in [3.8, 4) is 6.07 Å². The molecule has 2 aromatic heterocycles. The molecular weight excluding hydrogens is 282 g/mol. The molecule has 7 heteroatoms. The van der Waals surface area contributed by atoms with Crippen molar-refractivity contribution >= 4 is 39.3 Å². The van der Waals surface area contributed by atoms with Crippen LogP contribution >= 0.6 is 23.1 Å². The van der Waals surface area contributed by atoms with E-state index in [9.17, 15) is 10.1 Å². The van der Waals surface area contributed by atoms with Gasteiger partial charge in [-0.05, 0) is 18.8 Å². The van der Waals surface area contributed by atoms with Gasteiger partial charge in [-0.25, -0.2) is 9.97 Å². The minimum absolute atomic E-state index is 0.0370. The molecule has 0 amide bonds. The highest BCUT2D eigenvalue weighted by Crippen LogP contribution is 2.48. The van der Waals surface area contributed by atoms with Crippen LogP contribution in [0.5, 0.6) is 0 Å². The highest BCUT2D eigenvalue weighted by molar-refractivity contribution is 8.00. The molecule has 1 saturated carbocycles. The van der Waals surface area contributed by atoms with E-state index in [0.717, 1.165) is 28.6 Å². The third kappa shape index (κ3) is 2.29. The number of hydrogen-bond donors (Lipinski definition) is 1. The molecule has 0 spiro atoms. The van der Waals surface area contributed by atoms with E-state index in [1.54, 1.807) is 0 Å². The highest BCUT2D eigenvalue weighted by atomic mass is 32.2. The minimum atomic E-state index is -0.878. The molecule has 1 fully saturated rings. The predicted molar refractivity (Wildman–Crippen MR) is 72.5 cm³/mol. The summed E-state index contributed by atoms with van der Waals surface area (Å²) in [5.74, 6) is -0.475. The molecule has 19 heavy (non-hydrogen) atoms. The number of carbonyl (C=O) groups is 1. The fraction of sp³-hybridized carbons (Fsp3) is 0.333. The second-order valence-electron chi connectivity index (χ2n) is 4.27. The Bertz CT molecular complexity index is 701. The van der Waals surface area contributed by atoms with Crippen LogP contribution in [-0.4, -0.2) is 26.8 Å². The standard InChI is InChI=1S/C12H9N3O2S2/c13-3-7-9(6-1-2-6)10-11(19-7)12(15-5-14-10)18-4-8(16)17/h5-6H,1-2,4H2,(H,16,17). The maximum atomic E-state index is 10.6. The van der Waals surface area contributed by atoms with Gasteiger partial charge in [0.25, 0.3) is 0 Å². The Morgan fingerprint density at radius 1 is 1.58 bits per heavy atom. The monoisotopic (exact) mass is 291 g/mol. The molecule has 0 radical (unpaired) electrons. The lowest BCUT2D eigenvalue weighted by Gasteiger charge is -1.99. The van der Waals surface area contributed by atoms with E-state index in [1.807, 2.05) is 0 Å². The lowest BCUT2D eigenvalue weighted by atomic mass is 10.1. The van der Waals surface area contributed by atoms with Gasteiger partial charge in [-0.3, -0.25) is 4.79 Å². The number of thiophene rings is 1. The van der Waals surface area contributed by atoms with Gasteiger partial charge in [-0.15, -0.1) is 11.3 Å². The zero-order valence-corrected chi connectivity index (χ0v) is 11.4. The van der Waals surface area contributed by atoms with Crippen molar-refractivity contribution in [2.45, 2.75) is 23.8 Å². The summed E-state index contributed by atoms with van der Waals surface area (Å²) in [6, 6.07) is 2.22. The number of carboxylic acids is 1. The first kappa shape index (κ1) is 12.4. The summed E-state index contributed by atoms with van der Waals surface area (Å²) in [6.45, 7) is 0. The van der Waals surface area contributed by atoms with Crippen LogP contribution in [0.15, 0.2) is 11.4 Å². The van der Waals surface area contributed by atoms with Crippen molar-refractivity contribution in [1.29, 1.82) is 5.26 Å². The van der Waals surface area contributed by atoms with Crippen LogP contribution in [0.4, 0.5) is 0 Å². The van der Waals surface area contributed by atoms with Gasteiger partial charge < -0.3 is 5.11 Å². The van der Waals surface area contributed by atoms with E-state index in [4.69, 9.17) is 5.11 Å². The smallest absolute Gasteiger partial charge is 0.313 e. The third-order valence-electron chi connectivity index (χ3n) is 2.89. The van der Waals surface area contributed by atoms with Gasteiger partial charge in [0.1, 0.15) is 22.3 Å². The van der Waals surface area contributed by atoms with Gasteiger partial charge >= 0.3 is 5.97 Å². The number of carboxylic acid groups (broad SMARTS) is 1. The Morgan fingerprint density at radius 3 is 3.00 bits per heavy atom. The van der Waals surface area contributed by atoms with E-state index >= 15 is 0 Å². The molecule has 5 nitrogen and oxygen atoms in total. The average molecular weight is 291 g/mol. The molecule has 1 aliphatic carbocycles. The molecule has 0 aromatic carbocycles. The van der Waals surface area contributed by atoms with Crippen LogP contribution < -0.4 is 0 Å². The van der Waals surface area contributed by atoms with Crippen LogP contribution in [0.2, 0.25) is 0 Å². The molecule has 0 saturated heterocycles. The average Bonchev–Trinajstić information content (AvgIpc) is 3.16. The first-order valence-corrected chi connectivity index (χ1v) is 7.53. The lowest BCUT2D eigenvalue weighted by molar-refractivity contribution is -0.133. The summed E-state index contributed by atoms with van der Waals surface area (Å²) < 4.78 is 0.840. The number of fused-ring (bicyclic) bond motifs is 1. The second-order valence-corrected chi connectivity index (χ2v) is 6.25. The molecule has 0 aliphatic heterocycles. The molecule has 1 N–H and O–H groups in total. The summed E-state index contributed by atoms with van der Waals surface area (Å²) in [6.07, 6.45) is 3.65. The zero-order valence-electron chi connectivity index (χ0n) is 9.79. The maximum Gasteiger partial charge on any atom is 0.313 e. The van der Waals surface area contributed by atoms with Crippen molar-refractivity contribution in [1.82, 2.24) is 9.97 Å². The first-order chi connectivity index (χ1) is 9.20. The predicted octanol–water partition coefficient (Wildman–Crippen LogP) is 2.62. The summed E-state index contributed by atoms with van der Waals surface area (Å²) in [5, 5.41) is 18.6. The third-order valence-corrected chi connectivity index (χ3v) is 5.10. The van der Waals surface area contributed by atoms with Crippen LogP contribution in [0.25, 0.3) is 10.2 Å². The number of hydrogen-bond acceptors (Lipinski definition) is 6. The van der Waals surface area contributed by atoms with Crippen molar-refractivity contribution in [3.63, 3.8) is 0 Å². The SMILES string of the molecule is N#Cc1sc2c(SCC(=O)O)ncnc2c1C1CC1. The van der Waals surface area contributed by atoms with Crippen LogP contribution in [0, 0.1) is 11.3 Å². The van der Waals surface area contributed by atoms with Crippen LogP contribution in [0.1, 0.15) is 29.2 Å². The summed E-state index contributed by atoms with van der Waals surface area (Å²) in [4.78, 5) is 19.8. The first-order valence-electron chi connectivity index (χ1n) is 5.72. The lowest BCUT2D eigenvalue weighted by Crippen LogP contribution is -1.98. The van der Waals surface area contributed by atoms with Crippen molar-refractivity contribution in [2.75, 3.05) is 5.75 Å². The number of aromatic nitrogens is 2. The molecule has 1 aliphatic rings. The van der Waals surface area contributed by atoms with Crippen LogP contribution in [0.3, 0.4) is 0 Å². The molecule has 2 heterocycles. The number of thioether (sulfide) groups is 1. The summed E-state index contributed by atoms with van der Waals surface area (Å²) >= 11 is 2.54. The van der Waals surface area contributed by atoms with E-state index < -0.39 is 5.97 Å². The minimum Gasteiger partial charge on any atom is -0.481 e. The van der Waals surface area contributed by atoms with Gasteiger partial charge in [0.05, 0.1) is 16.0 Å². The van der Waals surface area contributed by atoms with Crippen molar-refractivity contribution in [3.05, 3.63) is 16.8 Å². The summed E-state index contributed by atoms with van der Waals surface area (Å²) in [5.41, 5.74) is 1.86. The van der Waals surface area contributed by atoms with Gasteiger partial charge in [0, 0.05) is 5.56 Å². The van der Waals surface area contributed by atoms with Crippen molar-refractivity contribution < 1.29 is 9.90 Å². The highest BCUT2D eigenvalue weighted by Gasteiger charge is 2.31. The Balaban J connectivity index is 2.10. The number of aliphatic carboxylic acids is 1. The van der Waals surface area contributed by atoms with E-state index in [0.29, 0.717) is 15.8 Å². The van der Waals surface area contributed by atoms with Crippen molar-refractivity contribution in [2.24, 2.45) is 0 Å². The summed E-state index contributed by atoms with van der Waals surface area (Å²) in [7, 11) is 0. The van der Waals surface area contributed by atoms with E-state index in [2.05, 4.69) is 16.0 Å². The zero-order chi connectivity index (χ0) is 13.4. The van der Waals surface area contributed by atoms with Crippen LogP contribution in [-0.2, 0) is 4.79 Å². The quantitative estimate of drug-likeness (QED) is 0.688. The van der Waals surface area contributed by atoms with Gasteiger partial charge in [-0.2, -0.15) is 5.26 Å². The van der Waals surface area contributed by atoms with Gasteiger partial charge in [0.2, 0.25) is 0 Å². The fourth-order valence-electron chi connectivity index (χ4n) is 1.97. The molecule has 2 aromatic rings. The Hall–Kier alpha value is -1.65.